The molecule has 7 aromatic carbocycles. The average Bonchev–Trinajstić information content (AvgIpc) is 3.78. The van der Waals surface area contributed by atoms with Gasteiger partial charge in [-0.2, -0.15) is 0 Å². The van der Waals surface area contributed by atoms with Crippen molar-refractivity contribution < 1.29 is 0 Å². The number of aromatic nitrogens is 4. The molecule has 2 aliphatic rings. The van der Waals surface area contributed by atoms with Gasteiger partial charge in [0.1, 0.15) is 0 Å². The predicted octanol–water partition coefficient (Wildman–Crippen LogP) is 13.5. The van der Waals surface area contributed by atoms with Gasteiger partial charge in [-0.3, -0.25) is 0 Å². The van der Waals surface area contributed by atoms with Gasteiger partial charge in [-0.1, -0.05) is 147 Å². The zero-order valence-corrected chi connectivity index (χ0v) is 37.7. The maximum atomic E-state index is 5.29. The lowest BCUT2D eigenvalue weighted by Gasteiger charge is -2.35. The quantitative estimate of drug-likeness (QED) is 0.167. The van der Waals surface area contributed by atoms with Gasteiger partial charge in [0.25, 0.3) is 0 Å². The molecule has 2 aliphatic heterocycles. The van der Waals surface area contributed by atoms with Crippen LogP contribution in [0.2, 0.25) is 0 Å². The normalized spacial score (nSPS) is 13.4. The Kier molecular flexibility index (Phi) is 7.79. The van der Waals surface area contributed by atoms with E-state index in [9.17, 15) is 0 Å². The highest BCUT2D eigenvalue weighted by Crippen LogP contribution is 2.46. The minimum absolute atomic E-state index is 0.0268. The lowest BCUT2D eigenvalue weighted by atomic mass is 9.45. The van der Waals surface area contributed by atoms with Crippen molar-refractivity contribution in [3.8, 4) is 50.7 Å². The number of hydrogen-bond acceptors (Lipinski definition) is 2. The van der Waals surface area contributed by atoms with Gasteiger partial charge in [0.05, 0.1) is 22.4 Å². The van der Waals surface area contributed by atoms with E-state index in [1.165, 1.54) is 88.0 Å². The summed E-state index contributed by atoms with van der Waals surface area (Å²) in [6.07, 6.45) is 0. The van der Waals surface area contributed by atoms with Gasteiger partial charge < -0.3 is 9.05 Å². The van der Waals surface area contributed by atoms with Crippen LogP contribution in [-0.4, -0.2) is 25.9 Å². The summed E-state index contributed by atoms with van der Waals surface area (Å²) in [5.74, 6) is 0.724. The first-order chi connectivity index (χ1) is 30.1. The van der Waals surface area contributed by atoms with E-state index in [0.717, 1.165) is 33.9 Å². The van der Waals surface area contributed by atoms with E-state index in [-0.39, 0.29) is 23.1 Å². The second-order valence-corrected chi connectivity index (χ2v) is 21.1. The van der Waals surface area contributed by atoms with E-state index in [0.29, 0.717) is 0 Å². The molecule has 306 valence electrons. The first kappa shape index (κ1) is 38.0. The summed E-state index contributed by atoms with van der Waals surface area (Å²) in [5.41, 5.74) is 20.7. The maximum absolute atomic E-state index is 5.29. The minimum Gasteiger partial charge on any atom is -0.375 e. The van der Waals surface area contributed by atoms with Crippen LogP contribution in [0.4, 0.5) is 0 Å². The monoisotopic (exact) mass is 814 g/mol. The Bertz CT molecular complexity index is 3490. The second kappa shape index (κ2) is 12.9. The van der Waals surface area contributed by atoms with Crippen molar-refractivity contribution in [2.24, 2.45) is 0 Å². The molecule has 0 atom stereocenters. The van der Waals surface area contributed by atoms with Gasteiger partial charge in [-0.25, -0.2) is 9.97 Å². The Balaban J connectivity index is 1.19. The van der Waals surface area contributed by atoms with Crippen LogP contribution < -0.4 is 10.9 Å². The molecule has 0 saturated carbocycles. The summed E-state index contributed by atoms with van der Waals surface area (Å²) >= 11 is 0. The van der Waals surface area contributed by atoms with E-state index < -0.39 is 0 Å². The molecule has 0 radical (unpaired) electrons. The van der Waals surface area contributed by atoms with Crippen molar-refractivity contribution in [1.82, 2.24) is 19.0 Å². The van der Waals surface area contributed by atoms with Crippen LogP contribution in [0.15, 0.2) is 146 Å². The van der Waals surface area contributed by atoms with Gasteiger partial charge in [-0.15, -0.1) is 0 Å². The van der Waals surface area contributed by atoms with Crippen LogP contribution in [0.5, 0.6) is 0 Å². The molecule has 0 saturated heterocycles. The predicted molar refractivity (Wildman–Crippen MR) is 268 cm³/mol. The summed E-state index contributed by atoms with van der Waals surface area (Å²) in [6.45, 7) is 21.0. The van der Waals surface area contributed by atoms with E-state index in [2.05, 4.69) is 217 Å². The number of benzene rings is 7. The fraction of sp³-hybridized carbons (Fsp3) is 0.207. The molecule has 4 nitrogen and oxygen atoms in total. The molecule has 0 unspecified atom stereocenters. The van der Waals surface area contributed by atoms with Gasteiger partial charge in [0, 0.05) is 60.5 Å². The molecule has 0 aliphatic carbocycles. The van der Waals surface area contributed by atoms with Crippen molar-refractivity contribution in [3.63, 3.8) is 0 Å². The largest absolute Gasteiger partial charge is 0.375 e. The van der Waals surface area contributed by atoms with E-state index >= 15 is 0 Å². The Morgan fingerprint density at radius 1 is 0.429 bits per heavy atom. The summed E-state index contributed by atoms with van der Waals surface area (Å²) in [6, 6.07) is 54.3. The summed E-state index contributed by atoms with van der Waals surface area (Å²) in [4.78, 5) is 10.6. The van der Waals surface area contributed by atoms with E-state index in [1.807, 2.05) is 0 Å². The molecule has 0 bridgehead atoms. The molecule has 5 heteroatoms. The fourth-order valence-electron chi connectivity index (χ4n) is 10.5. The number of hydrogen-bond donors (Lipinski definition) is 0. The third kappa shape index (κ3) is 5.61. The first-order valence-electron chi connectivity index (χ1n) is 22.5. The van der Waals surface area contributed by atoms with Gasteiger partial charge in [0.2, 0.25) is 0 Å². The highest BCUT2D eigenvalue weighted by molar-refractivity contribution is 6.90. The molecular weight excluding hydrogens is 763 g/mol. The molecule has 10 aromatic rings. The molecule has 12 rings (SSSR count). The number of nitrogens with zero attached hydrogens (tertiary/aromatic N) is 4. The van der Waals surface area contributed by atoms with Gasteiger partial charge in [-0.05, 0) is 110 Å². The van der Waals surface area contributed by atoms with Crippen LogP contribution in [0, 0.1) is 0 Å². The van der Waals surface area contributed by atoms with E-state index in [4.69, 9.17) is 9.97 Å². The molecule has 63 heavy (non-hydrogen) atoms. The van der Waals surface area contributed by atoms with Crippen molar-refractivity contribution in [1.29, 1.82) is 0 Å². The maximum Gasteiger partial charge on any atom is 0.333 e. The van der Waals surface area contributed by atoms with Crippen molar-refractivity contribution in [3.05, 3.63) is 162 Å². The van der Waals surface area contributed by atoms with Crippen LogP contribution >= 0.6 is 0 Å². The molecule has 0 amide bonds. The Morgan fingerprint density at radius 2 is 1.00 bits per heavy atom. The number of rotatable bonds is 3. The van der Waals surface area contributed by atoms with Crippen LogP contribution in [-0.2, 0) is 16.2 Å². The van der Waals surface area contributed by atoms with Crippen LogP contribution in [0.1, 0.15) is 79.0 Å². The molecule has 0 spiro atoms. The van der Waals surface area contributed by atoms with Crippen LogP contribution in [0.25, 0.3) is 94.3 Å². The smallest absolute Gasteiger partial charge is 0.333 e. The lowest BCUT2D eigenvalue weighted by molar-refractivity contribution is 0.590. The van der Waals surface area contributed by atoms with Gasteiger partial charge >= 0.3 is 6.85 Å². The summed E-state index contributed by atoms with van der Waals surface area (Å²) in [7, 11) is 0. The lowest BCUT2D eigenvalue weighted by Crippen LogP contribution is -2.55. The van der Waals surface area contributed by atoms with Crippen molar-refractivity contribution in [2.75, 3.05) is 0 Å². The first-order valence-corrected chi connectivity index (χ1v) is 22.5. The Morgan fingerprint density at radius 3 is 1.63 bits per heavy atom. The summed E-state index contributed by atoms with van der Waals surface area (Å²) < 4.78 is 5.29. The molecule has 5 heterocycles. The highest BCUT2D eigenvalue weighted by atomic mass is 15.0. The molecule has 0 N–H and O–H groups in total. The average molecular weight is 815 g/mol. The molecule has 3 aromatic heterocycles. The van der Waals surface area contributed by atoms with Crippen LogP contribution in [0.3, 0.4) is 0 Å². The van der Waals surface area contributed by atoms with Gasteiger partial charge in [0.15, 0.2) is 5.82 Å². The Labute approximate surface area is 370 Å². The second-order valence-electron chi connectivity index (χ2n) is 21.1. The zero-order chi connectivity index (χ0) is 43.3. The van der Waals surface area contributed by atoms with Crippen molar-refractivity contribution in [2.45, 2.75) is 78.6 Å². The standard InChI is InChI=1S/C58H51BN4/c1-56(2,3)37-24-26-49-42(28-37)45-31-39(58(7,8)9)32-46-54(45)62(49)51-22-16-21-40-43-29-38(57(4,5)6)30-44-41-27-36(23-25-50(41)63(53(43)44)59(46)52(40)51)55-60-47(34-17-12-10-13-18-34)33-48(61-55)35-19-14-11-15-20-35/h10-33H,1-9H3. The SMILES string of the molecule is CC(C)(C)c1cc2c3c(c1)c1cc(-c4nc(-c5ccccc5)cc(-c5ccccc5)n4)ccc1n3B1c3c-2cccc3-n2c3ccc(C(C)(C)C)cc3c3cc(C(C)(C)C)cc1c32. The topological polar surface area (TPSA) is 35.6 Å². The molecular formula is C58H51BN4. The highest BCUT2D eigenvalue weighted by Gasteiger charge is 2.42. The Hall–Kier alpha value is -6.72. The van der Waals surface area contributed by atoms with Crippen molar-refractivity contribution >= 4 is 61.4 Å². The molecule has 0 fully saturated rings. The zero-order valence-electron chi connectivity index (χ0n) is 37.7. The fourth-order valence-corrected chi connectivity index (χ4v) is 10.5. The third-order valence-corrected chi connectivity index (χ3v) is 13.9. The number of fused-ring (bicyclic) bond motifs is 10. The van der Waals surface area contributed by atoms with E-state index in [1.54, 1.807) is 0 Å². The third-order valence-electron chi connectivity index (χ3n) is 13.9. The summed E-state index contributed by atoms with van der Waals surface area (Å²) in [5, 5.41) is 5.16. The minimum atomic E-state index is -0.0676.